The van der Waals surface area contributed by atoms with Crippen molar-refractivity contribution in [3.8, 4) is 0 Å². The number of benzene rings is 1. The zero-order chi connectivity index (χ0) is 17.7. The molecule has 0 saturated carbocycles. The second kappa shape index (κ2) is 7.64. The molecule has 0 bridgehead atoms. The Balaban J connectivity index is 1.96. The van der Waals surface area contributed by atoms with E-state index >= 15 is 0 Å². The first kappa shape index (κ1) is 18.2. The summed E-state index contributed by atoms with van der Waals surface area (Å²) in [7, 11) is 0. The molecule has 1 aromatic carbocycles. The van der Waals surface area contributed by atoms with Crippen molar-refractivity contribution in [2.75, 3.05) is 13.1 Å². The van der Waals surface area contributed by atoms with E-state index in [9.17, 15) is 9.18 Å². The Morgan fingerprint density at radius 3 is 2.83 bits per heavy atom. The second-order valence-corrected chi connectivity index (χ2v) is 7.11. The van der Waals surface area contributed by atoms with Crippen LogP contribution in [0.15, 0.2) is 29.4 Å². The molecule has 1 N–H and O–H groups in total. The summed E-state index contributed by atoms with van der Waals surface area (Å²) in [5.74, 6) is -0.296. The Morgan fingerprint density at radius 1 is 1.46 bits per heavy atom. The van der Waals surface area contributed by atoms with Gasteiger partial charge in [0.05, 0.1) is 12.3 Å². The van der Waals surface area contributed by atoms with E-state index in [0.717, 1.165) is 12.0 Å². The molecule has 0 aliphatic carbocycles. The third-order valence-electron chi connectivity index (χ3n) is 3.58. The van der Waals surface area contributed by atoms with Crippen LogP contribution < -0.4 is 5.32 Å². The molecule has 0 saturated heterocycles. The molecule has 6 heteroatoms. The third kappa shape index (κ3) is 5.22. The van der Waals surface area contributed by atoms with E-state index in [0.29, 0.717) is 25.2 Å². The number of nitrogens with zero attached hydrogens (tertiary/aromatic N) is 2. The molecule has 1 atom stereocenters. The zero-order valence-corrected chi connectivity index (χ0v) is 14.8. The number of hydrogen-bond donors (Lipinski definition) is 1. The fourth-order valence-corrected chi connectivity index (χ4v) is 2.56. The van der Waals surface area contributed by atoms with Crippen LogP contribution in [0.4, 0.5) is 9.18 Å². The van der Waals surface area contributed by atoms with Crippen LogP contribution in [0.25, 0.3) is 0 Å². The molecule has 0 aromatic heterocycles. The first-order chi connectivity index (χ1) is 11.3. The smallest absolute Gasteiger partial charge is 0.317 e. The van der Waals surface area contributed by atoms with Crippen molar-refractivity contribution in [1.29, 1.82) is 0 Å². The Kier molecular flexibility index (Phi) is 5.80. The van der Waals surface area contributed by atoms with Crippen LogP contribution in [0.3, 0.4) is 0 Å². The number of oxime groups is 1. The topological polar surface area (TPSA) is 53.9 Å². The highest BCUT2D eigenvalue weighted by molar-refractivity contribution is 6.01. The summed E-state index contributed by atoms with van der Waals surface area (Å²) in [5.41, 5.74) is 1.15. The van der Waals surface area contributed by atoms with Gasteiger partial charge in [0.25, 0.3) is 0 Å². The SMILES string of the molecule is CCCN(C[C@H]1CC(c2cccc(F)c2)=NO1)C(=O)NC(C)(C)C. The highest BCUT2D eigenvalue weighted by Crippen LogP contribution is 2.18. The standard InChI is InChI=1S/C18H26FN3O2/c1-5-9-22(17(23)20-18(2,3)4)12-15-11-16(21-24-15)13-7-6-8-14(19)10-13/h6-8,10,15H,5,9,11-12H2,1-4H3,(H,20,23)/t15-/m1/s1. The fraction of sp³-hybridized carbons (Fsp3) is 0.556. The Bertz CT molecular complexity index is 611. The van der Waals surface area contributed by atoms with Crippen LogP contribution in [-0.4, -0.2) is 41.4 Å². The minimum atomic E-state index is -0.296. The number of urea groups is 1. The molecule has 2 amide bonds. The van der Waals surface area contributed by atoms with Gasteiger partial charge in [0.2, 0.25) is 0 Å². The maximum Gasteiger partial charge on any atom is 0.317 e. The molecule has 0 radical (unpaired) electrons. The molecule has 132 valence electrons. The van der Waals surface area contributed by atoms with E-state index in [1.165, 1.54) is 12.1 Å². The van der Waals surface area contributed by atoms with Crippen LogP contribution in [0.1, 0.15) is 46.1 Å². The van der Waals surface area contributed by atoms with Crippen molar-refractivity contribution in [3.05, 3.63) is 35.6 Å². The van der Waals surface area contributed by atoms with Gasteiger partial charge in [-0.15, -0.1) is 0 Å². The summed E-state index contributed by atoms with van der Waals surface area (Å²) in [6, 6.07) is 6.20. The minimum absolute atomic E-state index is 0.104. The molecular formula is C18H26FN3O2. The molecule has 0 fully saturated rings. The van der Waals surface area contributed by atoms with Crippen LogP contribution in [-0.2, 0) is 4.84 Å². The fourth-order valence-electron chi connectivity index (χ4n) is 2.56. The van der Waals surface area contributed by atoms with Crippen molar-refractivity contribution in [1.82, 2.24) is 10.2 Å². The summed E-state index contributed by atoms with van der Waals surface area (Å²) < 4.78 is 13.3. The number of carbonyl (C=O) groups excluding carboxylic acids is 1. The first-order valence-electron chi connectivity index (χ1n) is 8.34. The lowest BCUT2D eigenvalue weighted by Crippen LogP contribution is -2.50. The van der Waals surface area contributed by atoms with E-state index in [1.807, 2.05) is 33.8 Å². The highest BCUT2D eigenvalue weighted by Gasteiger charge is 2.27. The number of amides is 2. The van der Waals surface area contributed by atoms with Crippen molar-refractivity contribution in [3.63, 3.8) is 0 Å². The van der Waals surface area contributed by atoms with Crippen molar-refractivity contribution >= 4 is 11.7 Å². The Hall–Kier alpha value is -2.11. The molecule has 5 nitrogen and oxygen atoms in total. The molecule has 2 rings (SSSR count). The zero-order valence-electron chi connectivity index (χ0n) is 14.8. The summed E-state index contributed by atoms with van der Waals surface area (Å²) >= 11 is 0. The van der Waals surface area contributed by atoms with Gasteiger partial charge in [0.15, 0.2) is 6.10 Å². The van der Waals surface area contributed by atoms with Crippen LogP contribution >= 0.6 is 0 Å². The number of carbonyl (C=O) groups is 1. The monoisotopic (exact) mass is 335 g/mol. The van der Waals surface area contributed by atoms with Crippen LogP contribution in [0.2, 0.25) is 0 Å². The summed E-state index contributed by atoms with van der Waals surface area (Å²) in [6.45, 7) is 8.99. The first-order valence-corrected chi connectivity index (χ1v) is 8.34. The van der Waals surface area contributed by atoms with Gasteiger partial charge in [-0.2, -0.15) is 0 Å². The molecule has 1 heterocycles. The largest absolute Gasteiger partial charge is 0.390 e. The van der Waals surface area contributed by atoms with Gasteiger partial charge in [0.1, 0.15) is 5.82 Å². The quantitative estimate of drug-likeness (QED) is 0.895. The summed E-state index contributed by atoms with van der Waals surface area (Å²) in [6.07, 6.45) is 1.22. The van der Waals surface area contributed by atoms with Crippen molar-refractivity contribution in [2.45, 2.75) is 52.2 Å². The van der Waals surface area contributed by atoms with Crippen molar-refractivity contribution in [2.24, 2.45) is 5.16 Å². The normalized spacial score (nSPS) is 17.2. The lowest BCUT2D eigenvalue weighted by atomic mass is 10.0. The predicted octanol–water partition coefficient (Wildman–Crippen LogP) is 3.54. The lowest BCUT2D eigenvalue weighted by molar-refractivity contribution is 0.0596. The second-order valence-electron chi connectivity index (χ2n) is 7.11. The molecule has 1 aromatic rings. The van der Waals surface area contributed by atoms with Crippen molar-refractivity contribution < 1.29 is 14.0 Å². The van der Waals surface area contributed by atoms with Gasteiger partial charge in [-0.25, -0.2) is 9.18 Å². The van der Waals surface area contributed by atoms with Gasteiger partial charge in [-0.05, 0) is 39.3 Å². The van der Waals surface area contributed by atoms with E-state index in [-0.39, 0.29) is 23.5 Å². The van der Waals surface area contributed by atoms with E-state index < -0.39 is 0 Å². The van der Waals surface area contributed by atoms with E-state index in [1.54, 1.807) is 11.0 Å². The number of hydrogen-bond acceptors (Lipinski definition) is 3. The van der Waals surface area contributed by atoms with Gasteiger partial charge >= 0.3 is 6.03 Å². The van der Waals surface area contributed by atoms with E-state index in [4.69, 9.17) is 4.84 Å². The number of nitrogens with one attached hydrogen (secondary N) is 1. The maximum atomic E-state index is 13.3. The highest BCUT2D eigenvalue weighted by atomic mass is 19.1. The number of rotatable bonds is 5. The van der Waals surface area contributed by atoms with Crippen LogP contribution in [0.5, 0.6) is 0 Å². The van der Waals surface area contributed by atoms with Crippen LogP contribution in [0, 0.1) is 5.82 Å². The van der Waals surface area contributed by atoms with E-state index in [2.05, 4.69) is 10.5 Å². The van der Waals surface area contributed by atoms with Gasteiger partial charge in [0, 0.05) is 24.1 Å². The average molecular weight is 335 g/mol. The number of halogens is 1. The molecular weight excluding hydrogens is 309 g/mol. The molecule has 0 unspecified atom stereocenters. The van der Waals surface area contributed by atoms with Gasteiger partial charge in [-0.3, -0.25) is 0 Å². The lowest BCUT2D eigenvalue weighted by Gasteiger charge is -2.29. The molecule has 24 heavy (non-hydrogen) atoms. The summed E-state index contributed by atoms with van der Waals surface area (Å²) in [5, 5.41) is 7.04. The molecule has 1 aliphatic heterocycles. The predicted molar refractivity (Wildman–Crippen MR) is 92.6 cm³/mol. The van der Waals surface area contributed by atoms with Gasteiger partial charge < -0.3 is 15.1 Å². The molecule has 1 aliphatic rings. The maximum absolute atomic E-state index is 13.3. The van der Waals surface area contributed by atoms with Gasteiger partial charge in [-0.1, -0.05) is 24.2 Å². The molecule has 0 spiro atoms. The summed E-state index contributed by atoms with van der Waals surface area (Å²) in [4.78, 5) is 19.6. The minimum Gasteiger partial charge on any atom is -0.390 e. The Morgan fingerprint density at radius 2 is 2.21 bits per heavy atom. The third-order valence-corrected chi connectivity index (χ3v) is 3.58. The average Bonchev–Trinajstić information content (AvgIpc) is 2.93. The Labute approximate surface area is 142 Å².